The first-order valence-corrected chi connectivity index (χ1v) is 7.07. The number of rotatable bonds is 8. The van der Waals surface area contributed by atoms with Crippen molar-refractivity contribution in [3.05, 3.63) is 29.8 Å². The van der Waals surface area contributed by atoms with Gasteiger partial charge in [-0.2, -0.15) is 0 Å². The molecule has 3 heteroatoms. The Labute approximate surface area is 117 Å². The van der Waals surface area contributed by atoms with Gasteiger partial charge in [0.15, 0.2) is 0 Å². The van der Waals surface area contributed by atoms with Crippen molar-refractivity contribution in [3.8, 4) is 5.75 Å². The number of benzene rings is 1. The lowest BCUT2D eigenvalue weighted by molar-refractivity contribution is 0.322. The number of nitrogens with two attached hydrogens (primary N) is 1. The van der Waals surface area contributed by atoms with E-state index in [1.54, 1.807) is 7.11 Å². The smallest absolute Gasteiger partial charge is 0.118 e. The lowest BCUT2D eigenvalue weighted by Gasteiger charge is -2.30. The third kappa shape index (κ3) is 5.62. The molecule has 0 aromatic heterocycles. The monoisotopic (exact) mass is 264 g/mol. The standard InChI is InChI=1S/C16H28N2O/c1-13(2)11-18-16(3,12-17)10-9-14-5-7-15(19-4)8-6-14/h5-8,13,18H,9-12,17H2,1-4H3. The number of aryl methyl sites for hydroxylation is 1. The maximum Gasteiger partial charge on any atom is 0.118 e. The highest BCUT2D eigenvalue weighted by Crippen LogP contribution is 2.16. The first-order valence-electron chi connectivity index (χ1n) is 7.07. The van der Waals surface area contributed by atoms with Crippen LogP contribution in [0.4, 0.5) is 0 Å². The zero-order valence-corrected chi connectivity index (χ0v) is 12.7. The second kappa shape index (κ2) is 7.51. The first kappa shape index (κ1) is 16.0. The highest BCUT2D eigenvalue weighted by Gasteiger charge is 2.21. The van der Waals surface area contributed by atoms with Gasteiger partial charge in [0.1, 0.15) is 5.75 Å². The summed E-state index contributed by atoms with van der Waals surface area (Å²) in [5.41, 5.74) is 7.26. The van der Waals surface area contributed by atoms with E-state index in [0.717, 1.165) is 25.1 Å². The zero-order chi connectivity index (χ0) is 14.3. The van der Waals surface area contributed by atoms with Crippen molar-refractivity contribution < 1.29 is 4.74 Å². The van der Waals surface area contributed by atoms with Gasteiger partial charge in [0.05, 0.1) is 7.11 Å². The quantitative estimate of drug-likeness (QED) is 0.758. The van der Waals surface area contributed by atoms with Crippen molar-refractivity contribution in [1.29, 1.82) is 0 Å². The Bertz CT molecular complexity index is 362. The second-order valence-corrected chi connectivity index (χ2v) is 5.89. The SMILES string of the molecule is COc1ccc(CCC(C)(CN)NCC(C)C)cc1. The fourth-order valence-electron chi connectivity index (χ4n) is 1.93. The van der Waals surface area contributed by atoms with E-state index in [0.29, 0.717) is 12.5 Å². The van der Waals surface area contributed by atoms with Crippen LogP contribution in [0, 0.1) is 5.92 Å². The minimum atomic E-state index is 0.0181. The van der Waals surface area contributed by atoms with Gasteiger partial charge in [-0.15, -0.1) is 0 Å². The molecule has 0 heterocycles. The molecule has 0 bridgehead atoms. The van der Waals surface area contributed by atoms with Crippen LogP contribution >= 0.6 is 0 Å². The van der Waals surface area contributed by atoms with Crippen LogP contribution in [0.25, 0.3) is 0 Å². The summed E-state index contributed by atoms with van der Waals surface area (Å²) in [6.07, 6.45) is 2.07. The van der Waals surface area contributed by atoms with Crippen molar-refractivity contribution in [2.45, 2.75) is 39.2 Å². The molecule has 3 N–H and O–H groups in total. The summed E-state index contributed by atoms with van der Waals surface area (Å²) in [6, 6.07) is 8.27. The summed E-state index contributed by atoms with van der Waals surface area (Å²) in [7, 11) is 1.69. The molecule has 19 heavy (non-hydrogen) atoms. The summed E-state index contributed by atoms with van der Waals surface area (Å²) < 4.78 is 5.17. The van der Waals surface area contributed by atoms with Crippen molar-refractivity contribution in [2.24, 2.45) is 11.7 Å². The molecule has 1 aromatic rings. The van der Waals surface area contributed by atoms with Crippen LogP contribution in [0.5, 0.6) is 5.75 Å². The topological polar surface area (TPSA) is 47.3 Å². The number of nitrogens with one attached hydrogen (secondary N) is 1. The molecule has 0 aliphatic heterocycles. The zero-order valence-electron chi connectivity index (χ0n) is 12.7. The van der Waals surface area contributed by atoms with Crippen LogP contribution in [-0.4, -0.2) is 25.7 Å². The average molecular weight is 264 g/mol. The Balaban J connectivity index is 2.51. The predicted octanol–water partition coefficient (Wildman–Crippen LogP) is 2.59. The fraction of sp³-hybridized carbons (Fsp3) is 0.625. The second-order valence-electron chi connectivity index (χ2n) is 5.89. The molecule has 0 radical (unpaired) electrons. The van der Waals surface area contributed by atoms with E-state index in [2.05, 4.69) is 38.2 Å². The van der Waals surface area contributed by atoms with Crippen LogP contribution in [0.1, 0.15) is 32.8 Å². The molecule has 1 unspecified atom stereocenters. The van der Waals surface area contributed by atoms with Crippen LogP contribution in [0.2, 0.25) is 0 Å². The normalized spacial score (nSPS) is 14.4. The molecule has 1 rings (SSSR count). The Morgan fingerprint density at radius 3 is 2.37 bits per heavy atom. The number of ether oxygens (including phenoxy) is 1. The van der Waals surface area contributed by atoms with Crippen molar-refractivity contribution in [2.75, 3.05) is 20.2 Å². The Morgan fingerprint density at radius 1 is 1.26 bits per heavy atom. The Morgan fingerprint density at radius 2 is 1.89 bits per heavy atom. The van der Waals surface area contributed by atoms with Gasteiger partial charge in [-0.25, -0.2) is 0 Å². The van der Waals surface area contributed by atoms with Crippen molar-refractivity contribution in [3.63, 3.8) is 0 Å². The van der Waals surface area contributed by atoms with Crippen LogP contribution in [-0.2, 0) is 6.42 Å². The molecular formula is C16H28N2O. The third-order valence-corrected chi connectivity index (χ3v) is 3.51. The molecule has 108 valence electrons. The molecule has 0 spiro atoms. The van der Waals surface area contributed by atoms with Crippen LogP contribution in [0.3, 0.4) is 0 Å². The lowest BCUT2D eigenvalue weighted by atomic mass is 9.92. The molecule has 0 amide bonds. The predicted molar refractivity (Wildman–Crippen MR) is 81.6 cm³/mol. The summed E-state index contributed by atoms with van der Waals surface area (Å²) in [4.78, 5) is 0. The summed E-state index contributed by atoms with van der Waals surface area (Å²) in [6.45, 7) is 8.31. The number of methoxy groups -OCH3 is 1. The summed E-state index contributed by atoms with van der Waals surface area (Å²) in [5, 5.41) is 3.59. The van der Waals surface area contributed by atoms with Crippen molar-refractivity contribution in [1.82, 2.24) is 5.32 Å². The van der Waals surface area contributed by atoms with Gasteiger partial charge in [0.2, 0.25) is 0 Å². The van der Waals surface area contributed by atoms with Crippen molar-refractivity contribution >= 4 is 0 Å². The molecule has 0 fully saturated rings. The van der Waals surface area contributed by atoms with E-state index >= 15 is 0 Å². The van der Waals surface area contributed by atoms with Gasteiger partial charge < -0.3 is 15.8 Å². The molecule has 0 saturated carbocycles. The first-order chi connectivity index (χ1) is 8.99. The Hall–Kier alpha value is -1.06. The molecule has 1 aromatic carbocycles. The van der Waals surface area contributed by atoms with E-state index in [-0.39, 0.29) is 5.54 Å². The third-order valence-electron chi connectivity index (χ3n) is 3.51. The molecule has 0 aliphatic carbocycles. The summed E-state index contributed by atoms with van der Waals surface area (Å²) >= 11 is 0. The van der Waals surface area contributed by atoms with Crippen LogP contribution in [0.15, 0.2) is 24.3 Å². The number of hydrogen-bond donors (Lipinski definition) is 2. The Kier molecular flexibility index (Phi) is 6.32. The van der Waals surface area contributed by atoms with Crippen LogP contribution < -0.4 is 15.8 Å². The highest BCUT2D eigenvalue weighted by atomic mass is 16.5. The van der Waals surface area contributed by atoms with E-state index in [9.17, 15) is 0 Å². The minimum Gasteiger partial charge on any atom is -0.497 e. The van der Waals surface area contributed by atoms with E-state index in [1.807, 2.05) is 12.1 Å². The van der Waals surface area contributed by atoms with Gasteiger partial charge >= 0.3 is 0 Å². The minimum absolute atomic E-state index is 0.0181. The van der Waals surface area contributed by atoms with E-state index in [1.165, 1.54) is 5.56 Å². The molecule has 0 saturated heterocycles. The number of hydrogen-bond acceptors (Lipinski definition) is 3. The molecule has 0 aliphatic rings. The molecular weight excluding hydrogens is 236 g/mol. The summed E-state index contributed by atoms with van der Waals surface area (Å²) in [5.74, 6) is 1.55. The van der Waals surface area contributed by atoms with Gasteiger partial charge in [-0.1, -0.05) is 26.0 Å². The van der Waals surface area contributed by atoms with Gasteiger partial charge in [0.25, 0.3) is 0 Å². The van der Waals surface area contributed by atoms with Gasteiger partial charge in [-0.05, 0) is 49.9 Å². The lowest BCUT2D eigenvalue weighted by Crippen LogP contribution is -2.50. The van der Waals surface area contributed by atoms with E-state index < -0.39 is 0 Å². The highest BCUT2D eigenvalue weighted by molar-refractivity contribution is 5.27. The molecule has 1 atom stereocenters. The molecule has 3 nitrogen and oxygen atoms in total. The maximum atomic E-state index is 5.92. The van der Waals surface area contributed by atoms with E-state index in [4.69, 9.17) is 10.5 Å². The fourth-order valence-corrected chi connectivity index (χ4v) is 1.93. The van der Waals surface area contributed by atoms with Gasteiger partial charge in [-0.3, -0.25) is 0 Å². The average Bonchev–Trinajstić information content (AvgIpc) is 2.43. The van der Waals surface area contributed by atoms with Gasteiger partial charge in [0, 0.05) is 12.1 Å². The maximum absolute atomic E-state index is 5.92. The largest absolute Gasteiger partial charge is 0.497 e.